The fourth-order valence-electron chi connectivity index (χ4n) is 4.02. The van der Waals surface area contributed by atoms with Crippen molar-refractivity contribution in [1.82, 2.24) is 14.5 Å². The molecule has 0 N–H and O–H groups in total. The zero-order valence-corrected chi connectivity index (χ0v) is 19.3. The van der Waals surface area contributed by atoms with Crippen molar-refractivity contribution in [2.45, 2.75) is 46.8 Å². The van der Waals surface area contributed by atoms with Crippen molar-refractivity contribution >= 4 is 10.9 Å². The van der Waals surface area contributed by atoms with Gasteiger partial charge in [0, 0.05) is 30.1 Å². The Kier molecular flexibility index (Phi) is 6.74. The van der Waals surface area contributed by atoms with E-state index in [-0.39, 0.29) is 0 Å². The molecule has 0 saturated heterocycles. The molecule has 4 aromatic rings. The van der Waals surface area contributed by atoms with Crippen molar-refractivity contribution in [3.8, 4) is 11.8 Å². The molecule has 2 heterocycles. The fourth-order valence-corrected chi connectivity index (χ4v) is 4.02. The molecule has 0 aliphatic carbocycles. The summed E-state index contributed by atoms with van der Waals surface area (Å²) in [5, 5.41) is 1.23. The number of fused-ring (bicyclic) bond motifs is 1. The maximum Gasteiger partial charge on any atom is 0.236 e. The molecule has 2 aromatic heterocycles. The Hall–Kier alpha value is -3.34. The second-order valence-corrected chi connectivity index (χ2v) is 8.44. The lowest BCUT2D eigenvalue weighted by Crippen LogP contribution is -2.10. The summed E-state index contributed by atoms with van der Waals surface area (Å²) in [6.45, 7) is 7.88. The molecule has 5 heteroatoms. The van der Waals surface area contributed by atoms with Crippen LogP contribution in [0.5, 0.6) is 11.8 Å². The highest BCUT2D eigenvalue weighted by molar-refractivity contribution is 5.84. The number of hydrogen-bond acceptors (Lipinski definition) is 4. The van der Waals surface area contributed by atoms with Crippen LogP contribution in [0.15, 0.2) is 60.8 Å². The molecule has 0 saturated carbocycles. The maximum absolute atomic E-state index is 6.18. The van der Waals surface area contributed by atoms with Gasteiger partial charge in [0.2, 0.25) is 11.8 Å². The second-order valence-electron chi connectivity index (χ2n) is 8.44. The molecule has 2 aromatic carbocycles. The summed E-state index contributed by atoms with van der Waals surface area (Å²) in [5.41, 5.74) is 5.18. The Balaban J connectivity index is 1.71. The van der Waals surface area contributed by atoms with Gasteiger partial charge >= 0.3 is 0 Å². The van der Waals surface area contributed by atoms with Gasteiger partial charge in [-0.3, -0.25) is 0 Å². The van der Waals surface area contributed by atoms with Crippen LogP contribution in [0.2, 0.25) is 0 Å². The van der Waals surface area contributed by atoms with Gasteiger partial charge < -0.3 is 14.0 Å². The lowest BCUT2D eigenvalue weighted by atomic mass is 10.1. The minimum Gasteiger partial charge on any atom is -0.480 e. The third-order valence-electron chi connectivity index (χ3n) is 5.55. The number of aryl methyl sites for hydroxylation is 1. The van der Waals surface area contributed by atoms with E-state index in [1.807, 2.05) is 18.2 Å². The molecule has 0 spiro atoms. The summed E-state index contributed by atoms with van der Waals surface area (Å²) in [5.74, 6) is 1.60. The number of aromatic nitrogens is 3. The molecule has 0 fully saturated rings. The Bertz CT molecular complexity index is 1180. The van der Waals surface area contributed by atoms with Crippen molar-refractivity contribution in [3.05, 3.63) is 83.3 Å². The van der Waals surface area contributed by atoms with Crippen LogP contribution in [0.3, 0.4) is 0 Å². The van der Waals surface area contributed by atoms with Crippen molar-refractivity contribution in [2.24, 2.45) is 5.92 Å². The largest absolute Gasteiger partial charge is 0.480 e. The molecule has 5 nitrogen and oxygen atoms in total. The lowest BCUT2D eigenvalue weighted by molar-refractivity contribution is 0.282. The normalized spacial score (nSPS) is 11.3. The van der Waals surface area contributed by atoms with Crippen molar-refractivity contribution in [1.29, 1.82) is 0 Å². The summed E-state index contributed by atoms with van der Waals surface area (Å²) in [6.07, 6.45) is 3.62. The lowest BCUT2D eigenvalue weighted by Gasteiger charge is -2.15. The van der Waals surface area contributed by atoms with Crippen LogP contribution in [0.4, 0.5) is 0 Å². The zero-order valence-electron chi connectivity index (χ0n) is 19.3. The van der Waals surface area contributed by atoms with Crippen LogP contribution in [-0.4, -0.2) is 21.6 Å². The van der Waals surface area contributed by atoms with Crippen molar-refractivity contribution in [2.75, 3.05) is 7.11 Å². The fraction of sp³-hybridized carbons (Fsp3) is 0.333. The molecular weight excluding hydrogens is 398 g/mol. The molecule has 0 amide bonds. The van der Waals surface area contributed by atoms with Crippen LogP contribution < -0.4 is 9.47 Å². The van der Waals surface area contributed by atoms with Crippen LogP contribution in [-0.2, 0) is 26.0 Å². The number of ether oxygens (including phenoxy) is 2. The van der Waals surface area contributed by atoms with E-state index < -0.39 is 0 Å². The molecule has 0 bridgehead atoms. The molecule has 0 aliphatic rings. The van der Waals surface area contributed by atoms with E-state index in [4.69, 9.17) is 19.4 Å². The molecule has 4 rings (SSSR count). The molecule has 0 radical (unpaired) electrons. The number of methoxy groups -OCH3 is 1. The van der Waals surface area contributed by atoms with Gasteiger partial charge in [0.15, 0.2) is 0 Å². The van der Waals surface area contributed by atoms with Gasteiger partial charge in [0.05, 0.1) is 7.11 Å². The van der Waals surface area contributed by atoms with E-state index in [2.05, 4.69) is 67.9 Å². The quantitative estimate of drug-likeness (QED) is 0.336. The van der Waals surface area contributed by atoms with E-state index in [0.717, 1.165) is 29.9 Å². The van der Waals surface area contributed by atoms with Crippen LogP contribution >= 0.6 is 0 Å². The molecule has 32 heavy (non-hydrogen) atoms. The number of rotatable bonds is 9. The Morgan fingerprint density at radius 2 is 1.62 bits per heavy atom. The molecule has 166 valence electrons. The van der Waals surface area contributed by atoms with E-state index in [0.29, 0.717) is 30.7 Å². The number of para-hydroxylation sites is 1. The monoisotopic (exact) mass is 429 g/mol. The van der Waals surface area contributed by atoms with Crippen molar-refractivity contribution in [3.63, 3.8) is 0 Å². The first-order valence-electron chi connectivity index (χ1n) is 11.3. The van der Waals surface area contributed by atoms with Gasteiger partial charge in [-0.25, -0.2) is 9.97 Å². The van der Waals surface area contributed by atoms with Crippen molar-refractivity contribution < 1.29 is 9.47 Å². The minimum absolute atomic E-state index is 0.432. The molecule has 0 aliphatic heterocycles. The highest BCUT2D eigenvalue weighted by atomic mass is 16.5. The third-order valence-corrected chi connectivity index (χ3v) is 5.55. The summed E-state index contributed by atoms with van der Waals surface area (Å²) in [6, 6.07) is 18.6. The molecular formula is C27H31N3O2. The van der Waals surface area contributed by atoms with E-state index >= 15 is 0 Å². The second kappa shape index (κ2) is 9.86. The summed E-state index contributed by atoms with van der Waals surface area (Å²) < 4.78 is 14.1. The summed E-state index contributed by atoms with van der Waals surface area (Å²) in [7, 11) is 1.66. The van der Waals surface area contributed by atoms with Gasteiger partial charge in [-0.1, -0.05) is 62.4 Å². The Morgan fingerprint density at radius 1 is 0.906 bits per heavy atom. The smallest absolute Gasteiger partial charge is 0.236 e. The van der Waals surface area contributed by atoms with Crippen LogP contribution in [0.1, 0.15) is 43.3 Å². The predicted octanol–water partition coefficient (Wildman–Crippen LogP) is 5.83. The molecule has 0 unspecified atom stereocenters. The zero-order chi connectivity index (χ0) is 22.5. The average Bonchev–Trinajstić information content (AvgIpc) is 3.16. The Labute approximate surface area is 190 Å². The minimum atomic E-state index is 0.432. The maximum atomic E-state index is 6.18. The van der Waals surface area contributed by atoms with Gasteiger partial charge in [-0.15, -0.1) is 0 Å². The number of hydrogen-bond donors (Lipinski definition) is 0. The van der Waals surface area contributed by atoms with Gasteiger partial charge in [-0.2, -0.15) is 0 Å². The first-order valence-corrected chi connectivity index (χ1v) is 11.3. The summed E-state index contributed by atoms with van der Waals surface area (Å²) >= 11 is 0. The van der Waals surface area contributed by atoms with Crippen LogP contribution in [0.25, 0.3) is 10.9 Å². The SMILES string of the molecule is CCn1cc(Cc2nc(OCc3ccccc3)c(CC(C)C)nc2OC)c2ccccc21. The third kappa shape index (κ3) is 4.77. The van der Waals surface area contributed by atoms with Gasteiger partial charge in [0.25, 0.3) is 0 Å². The highest BCUT2D eigenvalue weighted by Gasteiger charge is 2.19. The Morgan fingerprint density at radius 3 is 2.34 bits per heavy atom. The standard InChI is InChI=1S/C27H31N3O2/c1-5-30-17-21(22-13-9-10-14-25(22)30)16-24-26(31-4)28-23(15-19(2)3)27(29-24)32-18-20-11-7-6-8-12-20/h6-14,17,19H,5,15-16,18H2,1-4H3. The topological polar surface area (TPSA) is 49.2 Å². The number of nitrogens with zero attached hydrogens (tertiary/aromatic N) is 3. The first kappa shape index (κ1) is 21.9. The van der Waals surface area contributed by atoms with Gasteiger partial charge in [0.1, 0.15) is 18.0 Å². The van der Waals surface area contributed by atoms with E-state index in [9.17, 15) is 0 Å². The average molecular weight is 430 g/mol. The van der Waals surface area contributed by atoms with E-state index in [1.54, 1.807) is 7.11 Å². The highest BCUT2D eigenvalue weighted by Crippen LogP contribution is 2.29. The number of benzene rings is 2. The molecule has 0 atom stereocenters. The van der Waals surface area contributed by atoms with Gasteiger partial charge in [-0.05, 0) is 36.5 Å². The van der Waals surface area contributed by atoms with E-state index in [1.165, 1.54) is 16.5 Å². The predicted molar refractivity (Wildman–Crippen MR) is 128 cm³/mol. The van der Waals surface area contributed by atoms with Crippen LogP contribution in [0, 0.1) is 5.92 Å². The first-order chi connectivity index (χ1) is 15.6. The summed E-state index contributed by atoms with van der Waals surface area (Å²) in [4.78, 5) is 9.76.